The van der Waals surface area contributed by atoms with Gasteiger partial charge < -0.3 is 28.7 Å². The topological polar surface area (TPSA) is 77.5 Å². The maximum absolute atomic E-state index is 12.9. The average molecular weight is 366 g/mol. The molecule has 144 valence electrons. The zero-order valence-corrected chi connectivity index (χ0v) is 15.7. The summed E-state index contributed by atoms with van der Waals surface area (Å²) in [5.41, 5.74) is 0.448. The van der Waals surface area contributed by atoms with Gasteiger partial charge in [0.1, 0.15) is 0 Å². The molecule has 0 saturated carbocycles. The second kappa shape index (κ2) is 9.17. The van der Waals surface area contributed by atoms with E-state index in [0.717, 1.165) is 0 Å². The largest absolute Gasteiger partial charge is 0.493 e. The van der Waals surface area contributed by atoms with Crippen LogP contribution in [0.2, 0.25) is 0 Å². The molecule has 0 bridgehead atoms. The molecule has 1 aliphatic rings. The van der Waals surface area contributed by atoms with Crippen molar-refractivity contribution in [2.45, 2.75) is 13.3 Å². The van der Waals surface area contributed by atoms with Crippen LogP contribution in [-0.4, -0.2) is 75.9 Å². The zero-order chi connectivity index (χ0) is 19.1. The Morgan fingerprint density at radius 2 is 1.50 bits per heavy atom. The summed E-state index contributed by atoms with van der Waals surface area (Å²) in [6.07, 6.45) is 0.351. The van der Waals surface area contributed by atoms with Gasteiger partial charge in [-0.1, -0.05) is 0 Å². The number of ether oxygens (including phenoxy) is 4. The lowest BCUT2D eigenvalue weighted by Crippen LogP contribution is -2.37. The summed E-state index contributed by atoms with van der Waals surface area (Å²) in [6.45, 7) is 4.12. The molecule has 26 heavy (non-hydrogen) atoms. The Morgan fingerprint density at radius 3 is 2.04 bits per heavy atom. The first kappa shape index (κ1) is 19.7. The van der Waals surface area contributed by atoms with Crippen LogP contribution in [0.15, 0.2) is 12.1 Å². The Hall–Kier alpha value is -2.64. The second-order valence-corrected chi connectivity index (χ2v) is 5.75. The van der Waals surface area contributed by atoms with Crippen molar-refractivity contribution in [3.05, 3.63) is 17.7 Å². The standard InChI is InChI=1S/C18H26N2O6/c1-5-26-18(22)20-8-6-7-19(9-10-20)17(21)13-11-14(23-2)16(25-4)15(12-13)24-3/h11-12H,5-10H2,1-4H3. The predicted molar refractivity (Wildman–Crippen MR) is 95.2 cm³/mol. The van der Waals surface area contributed by atoms with Gasteiger partial charge in [0.25, 0.3) is 5.91 Å². The van der Waals surface area contributed by atoms with Crippen LogP contribution >= 0.6 is 0 Å². The van der Waals surface area contributed by atoms with Gasteiger partial charge >= 0.3 is 6.09 Å². The summed E-state index contributed by atoms with van der Waals surface area (Å²) in [5.74, 6) is 1.15. The predicted octanol–water partition coefficient (Wildman–Crippen LogP) is 2.02. The van der Waals surface area contributed by atoms with Crippen molar-refractivity contribution in [2.24, 2.45) is 0 Å². The van der Waals surface area contributed by atoms with E-state index in [4.69, 9.17) is 18.9 Å². The first-order chi connectivity index (χ1) is 12.5. The molecule has 0 spiro atoms. The molecule has 0 aromatic heterocycles. The Labute approximate surface area is 153 Å². The third-order valence-corrected chi connectivity index (χ3v) is 4.22. The molecular weight excluding hydrogens is 340 g/mol. The summed E-state index contributed by atoms with van der Waals surface area (Å²) >= 11 is 0. The normalized spacial score (nSPS) is 14.5. The Morgan fingerprint density at radius 1 is 0.923 bits per heavy atom. The number of rotatable bonds is 5. The van der Waals surface area contributed by atoms with Crippen molar-refractivity contribution in [3.63, 3.8) is 0 Å². The van der Waals surface area contributed by atoms with Gasteiger partial charge in [0.05, 0.1) is 27.9 Å². The molecule has 1 heterocycles. The van der Waals surface area contributed by atoms with E-state index in [9.17, 15) is 9.59 Å². The number of hydrogen-bond acceptors (Lipinski definition) is 6. The van der Waals surface area contributed by atoms with Crippen molar-refractivity contribution >= 4 is 12.0 Å². The van der Waals surface area contributed by atoms with Crippen LogP contribution in [0.4, 0.5) is 4.79 Å². The van der Waals surface area contributed by atoms with E-state index in [2.05, 4.69) is 0 Å². The minimum Gasteiger partial charge on any atom is -0.493 e. The number of amides is 2. The van der Waals surface area contributed by atoms with Crippen LogP contribution in [0.3, 0.4) is 0 Å². The molecule has 1 aliphatic heterocycles. The van der Waals surface area contributed by atoms with Gasteiger partial charge in [-0.2, -0.15) is 0 Å². The molecule has 8 heteroatoms. The molecule has 0 unspecified atom stereocenters. The minimum atomic E-state index is -0.338. The van der Waals surface area contributed by atoms with Crippen LogP contribution < -0.4 is 14.2 Å². The SMILES string of the molecule is CCOC(=O)N1CCCN(C(=O)c2cc(OC)c(OC)c(OC)c2)CC1. The molecule has 1 aromatic carbocycles. The van der Waals surface area contributed by atoms with Crippen LogP contribution in [0.25, 0.3) is 0 Å². The van der Waals surface area contributed by atoms with Crippen molar-refractivity contribution in [1.29, 1.82) is 0 Å². The van der Waals surface area contributed by atoms with Crippen molar-refractivity contribution in [3.8, 4) is 17.2 Å². The summed E-state index contributed by atoms with van der Waals surface area (Å²) in [7, 11) is 4.53. The highest BCUT2D eigenvalue weighted by molar-refractivity contribution is 5.95. The summed E-state index contributed by atoms with van der Waals surface area (Å²) in [5, 5.41) is 0. The second-order valence-electron chi connectivity index (χ2n) is 5.75. The van der Waals surface area contributed by atoms with Gasteiger partial charge in [0, 0.05) is 31.7 Å². The van der Waals surface area contributed by atoms with Crippen molar-refractivity contribution < 1.29 is 28.5 Å². The van der Waals surface area contributed by atoms with Gasteiger partial charge in [-0.15, -0.1) is 0 Å². The highest BCUT2D eigenvalue weighted by Crippen LogP contribution is 2.38. The van der Waals surface area contributed by atoms with E-state index in [1.807, 2.05) is 0 Å². The van der Waals surface area contributed by atoms with E-state index in [0.29, 0.717) is 62.0 Å². The molecule has 0 radical (unpaired) electrons. The Balaban J connectivity index is 2.17. The highest BCUT2D eigenvalue weighted by Gasteiger charge is 2.25. The van der Waals surface area contributed by atoms with Crippen LogP contribution in [0, 0.1) is 0 Å². The van der Waals surface area contributed by atoms with Gasteiger partial charge in [-0.3, -0.25) is 4.79 Å². The number of benzene rings is 1. The lowest BCUT2D eigenvalue weighted by Gasteiger charge is -2.22. The first-order valence-corrected chi connectivity index (χ1v) is 8.56. The molecule has 2 amide bonds. The monoisotopic (exact) mass is 366 g/mol. The molecule has 1 saturated heterocycles. The van der Waals surface area contributed by atoms with E-state index < -0.39 is 0 Å². The molecule has 1 fully saturated rings. The summed E-state index contributed by atoms with van der Waals surface area (Å²) < 4.78 is 21.0. The van der Waals surface area contributed by atoms with Crippen LogP contribution in [0.1, 0.15) is 23.7 Å². The number of methoxy groups -OCH3 is 3. The quantitative estimate of drug-likeness (QED) is 0.793. The van der Waals surface area contributed by atoms with Gasteiger partial charge in [-0.25, -0.2) is 4.79 Å². The molecule has 0 aliphatic carbocycles. The molecule has 0 N–H and O–H groups in total. The minimum absolute atomic E-state index is 0.144. The third kappa shape index (κ3) is 4.30. The van der Waals surface area contributed by atoms with Crippen molar-refractivity contribution in [2.75, 3.05) is 54.1 Å². The maximum atomic E-state index is 12.9. The molecular formula is C18H26N2O6. The van der Waals surface area contributed by atoms with E-state index >= 15 is 0 Å². The zero-order valence-electron chi connectivity index (χ0n) is 15.7. The van der Waals surface area contributed by atoms with E-state index in [1.165, 1.54) is 21.3 Å². The average Bonchev–Trinajstić information content (AvgIpc) is 2.92. The van der Waals surface area contributed by atoms with E-state index in [1.54, 1.807) is 28.9 Å². The molecule has 1 aromatic rings. The first-order valence-electron chi connectivity index (χ1n) is 8.56. The molecule has 0 atom stereocenters. The fourth-order valence-corrected chi connectivity index (χ4v) is 2.91. The van der Waals surface area contributed by atoms with Crippen LogP contribution in [0.5, 0.6) is 17.2 Å². The number of carbonyl (C=O) groups excluding carboxylic acids is 2. The van der Waals surface area contributed by atoms with Gasteiger partial charge in [0.2, 0.25) is 5.75 Å². The fraction of sp³-hybridized carbons (Fsp3) is 0.556. The highest BCUT2D eigenvalue weighted by atomic mass is 16.6. The number of carbonyl (C=O) groups is 2. The van der Waals surface area contributed by atoms with Crippen LogP contribution in [-0.2, 0) is 4.74 Å². The molecule has 2 rings (SSSR count). The fourth-order valence-electron chi connectivity index (χ4n) is 2.91. The third-order valence-electron chi connectivity index (χ3n) is 4.22. The van der Waals surface area contributed by atoms with Gasteiger partial charge in [-0.05, 0) is 25.5 Å². The molecule has 8 nitrogen and oxygen atoms in total. The van der Waals surface area contributed by atoms with Crippen molar-refractivity contribution in [1.82, 2.24) is 9.80 Å². The lowest BCUT2D eigenvalue weighted by atomic mass is 10.1. The number of nitrogens with zero attached hydrogens (tertiary/aromatic N) is 2. The van der Waals surface area contributed by atoms with E-state index in [-0.39, 0.29) is 12.0 Å². The lowest BCUT2D eigenvalue weighted by molar-refractivity contribution is 0.0752. The smallest absolute Gasteiger partial charge is 0.409 e. The number of hydrogen-bond donors (Lipinski definition) is 0. The summed E-state index contributed by atoms with van der Waals surface area (Å²) in [4.78, 5) is 28.2. The summed E-state index contributed by atoms with van der Waals surface area (Å²) in [6, 6.07) is 3.27. The Bertz CT molecular complexity index is 624. The maximum Gasteiger partial charge on any atom is 0.409 e. The van der Waals surface area contributed by atoms with Gasteiger partial charge in [0.15, 0.2) is 11.5 Å². The Kier molecular flexibility index (Phi) is 6.94.